The van der Waals surface area contributed by atoms with Gasteiger partial charge in [0.25, 0.3) is 0 Å². The SMILES string of the molecule is CCCCO[C@H]1C[C@H]2[C@@H]([C@H](OCCCN)C[C@@H]3C[C@H](OCCCN)CC[C@@]32C)[C@@H]2CC[C@H]([C@H](C)CCCO)[C@@]12C. The van der Waals surface area contributed by atoms with Gasteiger partial charge in [0.2, 0.25) is 0 Å². The molecule has 40 heavy (non-hydrogen) atoms. The number of rotatable bonds is 16. The molecule has 0 aliphatic heterocycles. The lowest BCUT2D eigenvalue weighted by Gasteiger charge is -2.65. The van der Waals surface area contributed by atoms with Crippen molar-refractivity contribution in [3.63, 3.8) is 0 Å². The van der Waals surface area contributed by atoms with Gasteiger partial charge in [-0.05, 0) is 131 Å². The van der Waals surface area contributed by atoms with E-state index < -0.39 is 0 Å². The maximum Gasteiger partial charge on any atom is 0.0637 e. The third kappa shape index (κ3) is 6.63. The van der Waals surface area contributed by atoms with Crippen LogP contribution in [0.3, 0.4) is 0 Å². The molecule has 0 aromatic rings. The van der Waals surface area contributed by atoms with Gasteiger partial charge in [-0.2, -0.15) is 0 Å². The Morgan fingerprint density at radius 1 is 0.850 bits per heavy atom. The molecule has 234 valence electrons. The number of fused-ring (bicyclic) bond motifs is 5. The molecule has 6 heteroatoms. The smallest absolute Gasteiger partial charge is 0.0637 e. The molecule has 0 unspecified atom stereocenters. The highest BCUT2D eigenvalue weighted by atomic mass is 16.5. The Hall–Kier alpha value is -0.240. The zero-order chi connectivity index (χ0) is 28.8. The van der Waals surface area contributed by atoms with Gasteiger partial charge in [-0.25, -0.2) is 0 Å². The minimum atomic E-state index is 0.172. The Kier molecular flexibility index (Phi) is 12.2. The fraction of sp³-hybridized carbons (Fsp3) is 1.00. The van der Waals surface area contributed by atoms with Crippen LogP contribution in [0.4, 0.5) is 0 Å². The predicted octanol–water partition coefficient (Wildman–Crippen LogP) is 5.93. The molecule has 4 rings (SSSR count). The van der Waals surface area contributed by atoms with E-state index in [1.165, 1.54) is 38.5 Å². The van der Waals surface area contributed by atoms with Crippen molar-refractivity contribution in [3.8, 4) is 0 Å². The van der Waals surface area contributed by atoms with Crippen LogP contribution in [0, 0.1) is 46.3 Å². The van der Waals surface area contributed by atoms with E-state index in [9.17, 15) is 5.11 Å². The molecule has 0 spiro atoms. The number of hydrogen-bond donors (Lipinski definition) is 3. The normalized spacial score (nSPS) is 41.8. The molecule has 0 amide bonds. The molecule has 4 aliphatic carbocycles. The number of nitrogens with two attached hydrogens (primary N) is 2. The lowest BCUT2D eigenvalue weighted by Crippen LogP contribution is -2.63. The first-order chi connectivity index (χ1) is 19.3. The van der Waals surface area contributed by atoms with E-state index in [1.54, 1.807) is 0 Å². The van der Waals surface area contributed by atoms with Gasteiger partial charge in [0.05, 0.1) is 18.3 Å². The molecule has 4 fully saturated rings. The van der Waals surface area contributed by atoms with Crippen molar-refractivity contribution in [3.05, 3.63) is 0 Å². The summed E-state index contributed by atoms with van der Waals surface area (Å²) >= 11 is 0. The van der Waals surface area contributed by atoms with Crippen molar-refractivity contribution in [2.24, 2.45) is 57.8 Å². The largest absolute Gasteiger partial charge is 0.396 e. The van der Waals surface area contributed by atoms with E-state index >= 15 is 0 Å². The molecule has 0 bridgehead atoms. The molecule has 5 N–H and O–H groups in total. The summed E-state index contributed by atoms with van der Waals surface area (Å²) in [4.78, 5) is 0. The second-order valence-electron chi connectivity index (χ2n) is 14.5. The second-order valence-corrected chi connectivity index (χ2v) is 14.5. The minimum Gasteiger partial charge on any atom is -0.396 e. The first kappa shape index (κ1) is 32.7. The molecule has 11 atom stereocenters. The predicted molar refractivity (Wildman–Crippen MR) is 163 cm³/mol. The van der Waals surface area contributed by atoms with Crippen molar-refractivity contribution < 1.29 is 19.3 Å². The Balaban J connectivity index is 1.64. The first-order valence-corrected chi connectivity index (χ1v) is 17.2. The molecule has 0 radical (unpaired) electrons. The van der Waals surface area contributed by atoms with Crippen LogP contribution >= 0.6 is 0 Å². The monoisotopic (exact) mass is 564 g/mol. The second kappa shape index (κ2) is 15.0. The van der Waals surface area contributed by atoms with E-state index in [1.807, 2.05) is 0 Å². The molecule has 6 nitrogen and oxygen atoms in total. The molecule has 4 aliphatic rings. The van der Waals surface area contributed by atoms with Crippen molar-refractivity contribution in [1.82, 2.24) is 0 Å². The zero-order valence-electron chi connectivity index (χ0n) is 26.5. The summed E-state index contributed by atoms with van der Waals surface area (Å²) in [6.07, 6.45) is 15.7. The molecule has 0 aromatic carbocycles. The number of unbranched alkanes of at least 4 members (excludes halogenated alkanes) is 1. The third-order valence-corrected chi connectivity index (χ3v) is 12.5. The van der Waals surface area contributed by atoms with Gasteiger partial charge >= 0.3 is 0 Å². The Morgan fingerprint density at radius 2 is 1.57 bits per heavy atom. The van der Waals surface area contributed by atoms with Crippen LogP contribution in [0.1, 0.15) is 111 Å². The topological polar surface area (TPSA) is 100.0 Å². The summed E-state index contributed by atoms with van der Waals surface area (Å²) in [7, 11) is 0. The minimum absolute atomic E-state index is 0.172. The summed E-state index contributed by atoms with van der Waals surface area (Å²) < 4.78 is 20.2. The van der Waals surface area contributed by atoms with Crippen LogP contribution in [0.2, 0.25) is 0 Å². The van der Waals surface area contributed by atoms with E-state index in [0.717, 1.165) is 64.8 Å². The van der Waals surface area contributed by atoms with Gasteiger partial charge in [0.15, 0.2) is 0 Å². The Morgan fingerprint density at radius 3 is 2.27 bits per heavy atom. The lowest BCUT2D eigenvalue weighted by atomic mass is 9.43. The van der Waals surface area contributed by atoms with Gasteiger partial charge in [-0.3, -0.25) is 0 Å². The molecule has 0 heterocycles. The molecule has 0 aromatic heterocycles. The van der Waals surface area contributed by atoms with Gasteiger partial charge in [-0.15, -0.1) is 0 Å². The molecule has 0 saturated heterocycles. The highest BCUT2D eigenvalue weighted by Crippen LogP contribution is 2.69. The van der Waals surface area contributed by atoms with E-state index in [4.69, 9.17) is 25.7 Å². The summed E-state index contributed by atoms with van der Waals surface area (Å²) in [6.45, 7) is 14.1. The number of ether oxygens (including phenoxy) is 3. The van der Waals surface area contributed by atoms with Crippen molar-refractivity contribution in [2.45, 2.75) is 129 Å². The number of hydrogen-bond acceptors (Lipinski definition) is 6. The van der Waals surface area contributed by atoms with E-state index in [0.29, 0.717) is 78.9 Å². The summed E-state index contributed by atoms with van der Waals surface area (Å²) in [6, 6.07) is 0. The average Bonchev–Trinajstić information content (AvgIpc) is 3.31. The quantitative estimate of drug-likeness (QED) is 0.201. The molecular formula is C34H64N2O4. The molecule has 4 saturated carbocycles. The van der Waals surface area contributed by atoms with Gasteiger partial charge < -0.3 is 30.8 Å². The van der Waals surface area contributed by atoms with Crippen LogP contribution in [0.25, 0.3) is 0 Å². The highest BCUT2D eigenvalue weighted by Gasteiger charge is 2.66. The molecular weight excluding hydrogens is 500 g/mol. The third-order valence-electron chi connectivity index (χ3n) is 12.5. The van der Waals surface area contributed by atoms with Crippen molar-refractivity contribution >= 4 is 0 Å². The average molecular weight is 565 g/mol. The van der Waals surface area contributed by atoms with Crippen LogP contribution in [-0.4, -0.2) is 62.9 Å². The fourth-order valence-corrected chi connectivity index (χ4v) is 10.3. The van der Waals surface area contributed by atoms with Gasteiger partial charge in [0, 0.05) is 31.8 Å². The standard InChI is InChI=1S/C34H64N2O4/c1-5-6-18-40-31-23-29-32(28-12-11-27(34(28,31)4)24(2)10-7-17-37)30(39-20-9-16-36)22-25-21-26(38-19-8-15-35)13-14-33(25,29)3/h24-32,37H,5-23,35-36H2,1-4H3/t24-,25+,26-,27-,28+,29+,30-,31+,32+,33+,34-/m1/s1. The van der Waals surface area contributed by atoms with Crippen LogP contribution in [-0.2, 0) is 14.2 Å². The van der Waals surface area contributed by atoms with Gasteiger partial charge in [0.1, 0.15) is 0 Å². The van der Waals surface area contributed by atoms with E-state index in [2.05, 4.69) is 27.7 Å². The highest BCUT2D eigenvalue weighted by molar-refractivity contribution is 5.15. The Labute approximate surface area is 246 Å². The van der Waals surface area contributed by atoms with E-state index in [-0.39, 0.29) is 5.41 Å². The summed E-state index contributed by atoms with van der Waals surface area (Å²) in [5.74, 6) is 3.77. The Bertz CT molecular complexity index is 753. The number of aliphatic hydroxyl groups is 1. The van der Waals surface area contributed by atoms with Crippen molar-refractivity contribution in [2.75, 3.05) is 39.5 Å². The van der Waals surface area contributed by atoms with Crippen LogP contribution < -0.4 is 11.5 Å². The lowest BCUT2D eigenvalue weighted by molar-refractivity contribution is -0.227. The summed E-state index contributed by atoms with van der Waals surface area (Å²) in [5.41, 5.74) is 12.2. The maximum absolute atomic E-state index is 9.59. The van der Waals surface area contributed by atoms with Crippen molar-refractivity contribution in [1.29, 1.82) is 0 Å². The zero-order valence-corrected chi connectivity index (χ0v) is 26.5. The van der Waals surface area contributed by atoms with Crippen LogP contribution in [0.5, 0.6) is 0 Å². The fourth-order valence-electron chi connectivity index (χ4n) is 10.3. The summed E-state index contributed by atoms with van der Waals surface area (Å²) in [5, 5.41) is 9.59. The maximum atomic E-state index is 9.59. The van der Waals surface area contributed by atoms with Crippen LogP contribution in [0.15, 0.2) is 0 Å². The number of aliphatic hydroxyl groups excluding tert-OH is 1. The van der Waals surface area contributed by atoms with Gasteiger partial charge in [-0.1, -0.05) is 34.1 Å². The first-order valence-electron chi connectivity index (χ1n) is 17.2.